The number of H-pyrrole nitrogens is 1. The van der Waals surface area contributed by atoms with Gasteiger partial charge in [-0.2, -0.15) is 0 Å². The fourth-order valence-electron chi connectivity index (χ4n) is 2.28. The molecule has 1 heterocycles. The van der Waals surface area contributed by atoms with Crippen molar-refractivity contribution < 1.29 is 14.1 Å². The Morgan fingerprint density at radius 1 is 1.21 bits per heavy atom. The Hall–Kier alpha value is -3.55. The lowest BCUT2D eigenvalue weighted by Gasteiger charge is -2.06. The number of hydrogen-bond donors (Lipinski definition) is 2. The molecule has 8 heteroatoms. The van der Waals surface area contributed by atoms with Crippen LogP contribution in [0.1, 0.15) is 10.4 Å². The zero-order valence-electron chi connectivity index (χ0n) is 12.1. The minimum atomic E-state index is -0.747. The van der Waals surface area contributed by atoms with E-state index in [1.807, 2.05) is 0 Å². The van der Waals surface area contributed by atoms with Gasteiger partial charge in [0.25, 0.3) is 11.6 Å². The van der Waals surface area contributed by atoms with E-state index in [-0.39, 0.29) is 27.8 Å². The fourth-order valence-corrected chi connectivity index (χ4v) is 2.28. The van der Waals surface area contributed by atoms with Gasteiger partial charge < -0.3 is 10.3 Å². The zero-order chi connectivity index (χ0) is 17.3. The number of halogens is 1. The third kappa shape index (κ3) is 2.72. The van der Waals surface area contributed by atoms with E-state index >= 15 is 0 Å². The number of rotatable bonds is 3. The van der Waals surface area contributed by atoms with E-state index in [9.17, 15) is 24.1 Å². The molecule has 3 aromatic rings. The quantitative estimate of drug-likeness (QED) is 0.570. The maximum atomic E-state index is 13.6. The molecular formula is C16H10FN3O4. The number of nitrogens with one attached hydrogen (secondary N) is 2. The van der Waals surface area contributed by atoms with E-state index in [1.54, 1.807) is 0 Å². The summed E-state index contributed by atoms with van der Waals surface area (Å²) in [4.78, 5) is 37.3. The van der Waals surface area contributed by atoms with Crippen LogP contribution in [0, 0.1) is 15.9 Å². The third-order valence-electron chi connectivity index (χ3n) is 3.42. The van der Waals surface area contributed by atoms with Gasteiger partial charge in [-0.25, -0.2) is 4.39 Å². The summed E-state index contributed by atoms with van der Waals surface area (Å²) in [6.07, 6.45) is 1.11. The summed E-state index contributed by atoms with van der Waals surface area (Å²) < 4.78 is 13.6. The fraction of sp³-hybridized carbons (Fsp3) is 0. The topological polar surface area (TPSA) is 105 Å². The Bertz CT molecular complexity index is 1030. The number of fused-ring (bicyclic) bond motifs is 1. The zero-order valence-corrected chi connectivity index (χ0v) is 12.1. The Morgan fingerprint density at radius 2 is 1.96 bits per heavy atom. The van der Waals surface area contributed by atoms with Gasteiger partial charge in [0, 0.05) is 29.4 Å². The molecule has 0 spiro atoms. The number of benzene rings is 2. The van der Waals surface area contributed by atoms with E-state index in [0.29, 0.717) is 0 Å². The first-order valence-corrected chi connectivity index (χ1v) is 6.83. The normalized spacial score (nSPS) is 10.5. The Labute approximate surface area is 133 Å². The second kappa shape index (κ2) is 5.92. The van der Waals surface area contributed by atoms with Gasteiger partial charge >= 0.3 is 0 Å². The number of pyridine rings is 1. The average Bonchev–Trinajstić information content (AvgIpc) is 2.56. The predicted molar refractivity (Wildman–Crippen MR) is 85.6 cm³/mol. The Morgan fingerprint density at radius 3 is 2.71 bits per heavy atom. The van der Waals surface area contributed by atoms with Gasteiger partial charge in [-0.05, 0) is 18.2 Å². The molecule has 0 fully saturated rings. The van der Waals surface area contributed by atoms with Crippen LogP contribution in [0.4, 0.5) is 15.8 Å². The summed E-state index contributed by atoms with van der Waals surface area (Å²) in [5.41, 5.74) is -0.865. The van der Waals surface area contributed by atoms with Crippen LogP contribution >= 0.6 is 0 Å². The van der Waals surface area contributed by atoms with E-state index < -0.39 is 22.1 Å². The maximum absolute atomic E-state index is 13.6. The summed E-state index contributed by atoms with van der Waals surface area (Å²) in [6, 6.07) is 9.29. The molecular weight excluding hydrogens is 317 g/mol. The molecule has 24 heavy (non-hydrogen) atoms. The molecule has 0 aliphatic carbocycles. The van der Waals surface area contributed by atoms with Crippen LogP contribution in [0.3, 0.4) is 0 Å². The molecule has 1 amide bonds. The lowest BCUT2D eigenvalue weighted by molar-refractivity contribution is -0.384. The van der Waals surface area contributed by atoms with Gasteiger partial charge in [0.15, 0.2) is 0 Å². The van der Waals surface area contributed by atoms with Crippen molar-refractivity contribution in [1.29, 1.82) is 0 Å². The van der Waals surface area contributed by atoms with Crippen molar-refractivity contribution in [3.63, 3.8) is 0 Å². The van der Waals surface area contributed by atoms with Gasteiger partial charge in [-0.3, -0.25) is 19.7 Å². The maximum Gasteiger partial charge on any atom is 0.271 e. The molecule has 0 bridgehead atoms. The number of nitrogens with zero attached hydrogens (tertiary/aromatic N) is 1. The number of aromatic amines is 1. The number of para-hydroxylation sites is 1. The monoisotopic (exact) mass is 327 g/mol. The highest BCUT2D eigenvalue weighted by molar-refractivity contribution is 6.05. The summed E-state index contributed by atoms with van der Waals surface area (Å²) in [5, 5.41) is 13.2. The molecule has 0 saturated heterocycles. The highest BCUT2D eigenvalue weighted by atomic mass is 19.1. The highest BCUT2D eigenvalue weighted by Crippen LogP contribution is 2.18. The second-order valence-electron chi connectivity index (χ2n) is 4.96. The predicted octanol–water partition coefficient (Wildman–Crippen LogP) is 2.83. The molecule has 0 saturated carbocycles. The average molecular weight is 327 g/mol. The van der Waals surface area contributed by atoms with Crippen molar-refractivity contribution in [2.75, 3.05) is 5.32 Å². The van der Waals surface area contributed by atoms with Crippen LogP contribution in [0.2, 0.25) is 0 Å². The molecule has 2 N–H and O–H groups in total. The molecule has 0 aliphatic rings. The molecule has 0 radical (unpaired) electrons. The van der Waals surface area contributed by atoms with E-state index in [4.69, 9.17) is 0 Å². The smallest absolute Gasteiger partial charge is 0.271 e. The first-order valence-electron chi connectivity index (χ1n) is 6.83. The minimum Gasteiger partial charge on any atom is -0.358 e. The van der Waals surface area contributed by atoms with E-state index in [1.165, 1.54) is 42.5 Å². The van der Waals surface area contributed by atoms with Gasteiger partial charge in [-0.1, -0.05) is 12.1 Å². The van der Waals surface area contributed by atoms with E-state index in [0.717, 1.165) is 6.20 Å². The van der Waals surface area contributed by atoms with Crippen molar-refractivity contribution in [3.8, 4) is 0 Å². The molecule has 120 valence electrons. The summed E-state index contributed by atoms with van der Waals surface area (Å²) in [5.74, 6) is -1.35. The third-order valence-corrected chi connectivity index (χ3v) is 3.42. The number of nitro groups is 1. The molecule has 3 rings (SSSR count). The molecule has 1 aromatic heterocycles. The first kappa shape index (κ1) is 15.3. The number of non-ortho nitro benzene ring substituents is 1. The Kier molecular flexibility index (Phi) is 3.78. The molecule has 7 nitrogen and oxygen atoms in total. The number of carbonyl (C=O) groups is 1. The second-order valence-corrected chi connectivity index (χ2v) is 4.96. The summed E-state index contributed by atoms with van der Waals surface area (Å²) in [7, 11) is 0. The van der Waals surface area contributed by atoms with Crippen LogP contribution in [-0.2, 0) is 0 Å². The molecule has 2 aromatic carbocycles. The van der Waals surface area contributed by atoms with Crippen LogP contribution in [-0.4, -0.2) is 15.8 Å². The number of carbonyl (C=O) groups excluding carboxylic acids is 1. The van der Waals surface area contributed by atoms with Crippen LogP contribution in [0.15, 0.2) is 53.5 Å². The molecule has 0 aliphatic heterocycles. The molecule has 0 unspecified atom stereocenters. The van der Waals surface area contributed by atoms with Gasteiger partial charge in [0.2, 0.25) is 5.43 Å². The summed E-state index contributed by atoms with van der Waals surface area (Å²) in [6.45, 7) is 0. The van der Waals surface area contributed by atoms with Crippen molar-refractivity contribution in [2.24, 2.45) is 0 Å². The minimum absolute atomic E-state index is 0.00870. The molecule has 0 atom stereocenters. The van der Waals surface area contributed by atoms with Gasteiger partial charge in [0.05, 0.1) is 10.4 Å². The summed E-state index contributed by atoms with van der Waals surface area (Å²) >= 11 is 0. The number of amides is 1. The number of hydrogen-bond acceptors (Lipinski definition) is 4. The van der Waals surface area contributed by atoms with Crippen LogP contribution < -0.4 is 10.7 Å². The van der Waals surface area contributed by atoms with Crippen molar-refractivity contribution in [1.82, 2.24) is 4.98 Å². The van der Waals surface area contributed by atoms with Crippen LogP contribution in [0.5, 0.6) is 0 Å². The number of aromatic nitrogens is 1. The van der Waals surface area contributed by atoms with Gasteiger partial charge in [-0.15, -0.1) is 0 Å². The van der Waals surface area contributed by atoms with Gasteiger partial charge in [0.1, 0.15) is 11.4 Å². The van der Waals surface area contributed by atoms with E-state index in [2.05, 4.69) is 10.3 Å². The van der Waals surface area contributed by atoms with Crippen LogP contribution in [0.25, 0.3) is 10.9 Å². The highest BCUT2D eigenvalue weighted by Gasteiger charge is 2.15. The van der Waals surface area contributed by atoms with Crippen molar-refractivity contribution in [3.05, 3.63) is 80.4 Å². The van der Waals surface area contributed by atoms with Crippen molar-refractivity contribution >= 4 is 28.2 Å². The Balaban J connectivity index is 1.98. The largest absolute Gasteiger partial charge is 0.358 e. The lowest BCUT2D eigenvalue weighted by atomic mass is 10.1. The lowest BCUT2D eigenvalue weighted by Crippen LogP contribution is -2.22. The number of nitro benzene ring substituents is 1. The standard InChI is InChI=1S/C16H10FN3O4/c17-13-6-2-5-11-14(13)18-8-12(15(11)21)16(22)19-9-3-1-4-10(7-9)20(23)24/h1-8H,(H,18,21)(H,19,22). The SMILES string of the molecule is O=C(Nc1cccc([N+](=O)[O-])c1)c1c[nH]c2c(F)cccc2c1=O. The first-order chi connectivity index (χ1) is 11.5. The van der Waals surface area contributed by atoms with Crippen molar-refractivity contribution in [2.45, 2.75) is 0 Å². The number of anilines is 1.